The molecule has 0 aromatic heterocycles. The number of hydrogen-bond donors (Lipinski definition) is 2. The molecule has 0 saturated heterocycles. The van der Waals surface area contributed by atoms with Crippen molar-refractivity contribution in [3.63, 3.8) is 0 Å². The summed E-state index contributed by atoms with van der Waals surface area (Å²) in [5, 5.41) is 2.76. The van der Waals surface area contributed by atoms with E-state index >= 15 is 0 Å². The minimum absolute atomic E-state index is 0.120. The van der Waals surface area contributed by atoms with Crippen LogP contribution in [0.3, 0.4) is 0 Å². The molecular weight excluding hydrogens is 216 g/mol. The number of hydrogen-bond acceptors (Lipinski definition) is 2. The van der Waals surface area contributed by atoms with Crippen molar-refractivity contribution < 1.29 is 9.59 Å². The van der Waals surface area contributed by atoms with Gasteiger partial charge in [-0.25, -0.2) is 0 Å². The first-order valence-corrected chi connectivity index (χ1v) is 5.93. The zero-order valence-corrected chi connectivity index (χ0v) is 11.2. The lowest BCUT2D eigenvalue weighted by Crippen LogP contribution is -2.46. The Kier molecular flexibility index (Phi) is 5.93. The average molecular weight is 240 g/mol. The minimum atomic E-state index is -0.501. The lowest BCUT2D eigenvalue weighted by Gasteiger charge is -2.34. The third-order valence-electron chi connectivity index (χ3n) is 2.75. The van der Waals surface area contributed by atoms with E-state index in [0.717, 1.165) is 0 Å². The summed E-state index contributed by atoms with van der Waals surface area (Å²) in [6.45, 7) is 11.8. The van der Waals surface area contributed by atoms with Gasteiger partial charge in [0.15, 0.2) is 0 Å². The third kappa shape index (κ3) is 4.59. The Bertz CT molecular complexity index is 292. The Morgan fingerprint density at radius 3 is 2.24 bits per heavy atom. The van der Waals surface area contributed by atoms with E-state index in [1.54, 1.807) is 6.08 Å². The molecule has 0 heterocycles. The SMILES string of the molecule is C=CC[C@H](C(N)=O)C(C(=O)NCC)C(C)(C)C. The van der Waals surface area contributed by atoms with Gasteiger partial charge in [-0.1, -0.05) is 26.8 Å². The predicted octanol–water partition coefficient (Wildman–Crippen LogP) is 1.46. The Hall–Kier alpha value is -1.32. The van der Waals surface area contributed by atoms with Crippen molar-refractivity contribution >= 4 is 11.8 Å². The molecule has 0 aromatic rings. The van der Waals surface area contributed by atoms with Crippen LogP contribution in [0.1, 0.15) is 34.1 Å². The number of carbonyl (C=O) groups excluding carboxylic acids is 2. The van der Waals surface area contributed by atoms with Gasteiger partial charge in [-0.3, -0.25) is 9.59 Å². The molecule has 0 aromatic carbocycles. The van der Waals surface area contributed by atoms with Gasteiger partial charge in [0.1, 0.15) is 0 Å². The maximum Gasteiger partial charge on any atom is 0.224 e. The normalized spacial score (nSPS) is 14.8. The van der Waals surface area contributed by atoms with Gasteiger partial charge in [-0.2, -0.15) is 0 Å². The maximum atomic E-state index is 12.1. The summed E-state index contributed by atoms with van der Waals surface area (Å²) < 4.78 is 0. The fourth-order valence-electron chi connectivity index (χ4n) is 2.06. The van der Waals surface area contributed by atoms with Crippen molar-refractivity contribution in [3.05, 3.63) is 12.7 Å². The highest BCUT2D eigenvalue weighted by Gasteiger charge is 2.39. The topological polar surface area (TPSA) is 72.2 Å². The quantitative estimate of drug-likeness (QED) is 0.690. The Balaban J connectivity index is 5.20. The van der Waals surface area contributed by atoms with E-state index in [-0.39, 0.29) is 11.3 Å². The Morgan fingerprint density at radius 1 is 1.41 bits per heavy atom. The van der Waals surface area contributed by atoms with Gasteiger partial charge in [0.25, 0.3) is 0 Å². The minimum Gasteiger partial charge on any atom is -0.369 e. The lowest BCUT2D eigenvalue weighted by atomic mass is 9.71. The van der Waals surface area contributed by atoms with Crippen LogP contribution in [0.4, 0.5) is 0 Å². The summed E-state index contributed by atoms with van der Waals surface area (Å²) in [5.41, 5.74) is 5.07. The summed E-state index contributed by atoms with van der Waals surface area (Å²) in [6.07, 6.45) is 2.06. The molecule has 3 N–H and O–H groups in total. The number of nitrogens with one attached hydrogen (secondary N) is 1. The van der Waals surface area contributed by atoms with Crippen molar-refractivity contribution in [1.29, 1.82) is 0 Å². The molecule has 4 heteroatoms. The van der Waals surface area contributed by atoms with Gasteiger partial charge in [0, 0.05) is 6.54 Å². The summed E-state index contributed by atoms with van der Waals surface area (Å²) >= 11 is 0. The van der Waals surface area contributed by atoms with E-state index < -0.39 is 17.7 Å². The van der Waals surface area contributed by atoms with Crippen molar-refractivity contribution in [2.24, 2.45) is 23.0 Å². The monoisotopic (exact) mass is 240 g/mol. The molecule has 4 nitrogen and oxygen atoms in total. The summed E-state index contributed by atoms with van der Waals surface area (Å²) in [6, 6.07) is 0. The molecule has 0 saturated carbocycles. The van der Waals surface area contributed by atoms with Gasteiger partial charge >= 0.3 is 0 Å². The molecule has 0 radical (unpaired) electrons. The van der Waals surface area contributed by atoms with E-state index in [9.17, 15) is 9.59 Å². The maximum absolute atomic E-state index is 12.1. The largest absolute Gasteiger partial charge is 0.369 e. The van der Waals surface area contributed by atoms with Crippen LogP contribution >= 0.6 is 0 Å². The first-order valence-electron chi connectivity index (χ1n) is 5.93. The number of nitrogens with two attached hydrogens (primary N) is 1. The van der Waals surface area contributed by atoms with Crippen molar-refractivity contribution in [2.45, 2.75) is 34.1 Å². The van der Waals surface area contributed by atoms with Crippen LogP contribution in [0.5, 0.6) is 0 Å². The number of carbonyl (C=O) groups is 2. The summed E-state index contributed by atoms with van der Waals surface area (Å²) in [4.78, 5) is 23.5. The number of amides is 2. The van der Waals surface area contributed by atoms with Gasteiger partial charge in [-0.05, 0) is 18.8 Å². The highest BCUT2D eigenvalue weighted by Crippen LogP contribution is 2.34. The molecule has 0 rings (SSSR count). The molecule has 0 bridgehead atoms. The standard InChI is InChI=1S/C13H24N2O2/c1-6-8-9(11(14)16)10(13(3,4)5)12(17)15-7-2/h6,9-10H,1,7-8H2,2-5H3,(H2,14,16)(H,15,17)/t9-,10?/m0/s1. The van der Waals surface area contributed by atoms with Crippen LogP contribution in [0.15, 0.2) is 12.7 Å². The van der Waals surface area contributed by atoms with Crippen LogP contribution in [0, 0.1) is 17.3 Å². The lowest BCUT2D eigenvalue weighted by molar-refractivity contribution is -0.137. The first kappa shape index (κ1) is 15.7. The molecule has 0 aliphatic rings. The zero-order chi connectivity index (χ0) is 13.6. The van der Waals surface area contributed by atoms with Crippen LogP contribution in [0.25, 0.3) is 0 Å². The van der Waals surface area contributed by atoms with Crippen LogP contribution in [-0.4, -0.2) is 18.4 Å². The molecule has 2 amide bonds. The van der Waals surface area contributed by atoms with Crippen LogP contribution in [-0.2, 0) is 9.59 Å². The summed E-state index contributed by atoms with van der Waals surface area (Å²) in [5.74, 6) is -1.50. The molecule has 0 spiro atoms. The fourth-order valence-corrected chi connectivity index (χ4v) is 2.06. The molecule has 0 aliphatic heterocycles. The second-order valence-corrected chi connectivity index (χ2v) is 5.27. The van der Waals surface area contributed by atoms with Gasteiger partial charge < -0.3 is 11.1 Å². The average Bonchev–Trinajstić information content (AvgIpc) is 2.15. The number of primary amides is 1. The second kappa shape index (κ2) is 6.42. The predicted molar refractivity (Wildman–Crippen MR) is 69.1 cm³/mol. The van der Waals surface area contributed by atoms with Crippen LogP contribution in [0.2, 0.25) is 0 Å². The third-order valence-corrected chi connectivity index (χ3v) is 2.75. The van der Waals surface area contributed by atoms with Crippen LogP contribution < -0.4 is 11.1 Å². The molecule has 0 fully saturated rings. The highest BCUT2D eigenvalue weighted by molar-refractivity contribution is 5.87. The Morgan fingerprint density at radius 2 is 1.94 bits per heavy atom. The molecule has 2 atom stereocenters. The van der Waals surface area contributed by atoms with E-state index in [0.29, 0.717) is 13.0 Å². The summed E-state index contributed by atoms with van der Waals surface area (Å²) in [7, 11) is 0. The smallest absolute Gasteiger partial charge is 0.224 e. The van der Waals surface area contributed by atoms with E-state index in [1.807, 2.05) is 27.7 Å². The number of rotatable bonds is 6. The van der Waals surface area contributed by atoms with E-state index in [4.69, 9.17) is 5.73 Å². The molecule has 98 valence electrons. The van der Waals surface area contributed by atoms with Crippen molar-refractivity contribution in [3.8, 4) is 0 Å². The Labute approximate surface area is 104 Å². The molecule has 17 heavy (non-hydrogen) atoms. The van der Waals surface area contributed by atoms with Gasteiger partial charge in [0.2, 0.25) is 11.8 Å². The second-order valence-electron chi connectivity index (χ2n) is 5.27. The van der Waals surface area contributed by atoms with Gasteiger partial charge in [0.05, 0.1) is 11.8 Å². The number of allylic oxidation sites excluding steroid dienone is 1. The molecule has 1 unspecified atom stereocenters. The van der Waals surface area contributed by atoms with E-state index in [1.165, 1.54) is 0 Å². The van der Waals surface area contributed by atoms with Gasteiger partial charge in [-0.15, -0.1) is 6.58 Å². The fraction of sp³-hybridized carbons (Fsp3) is 0.692. The molecule has 0 aliphatic carbocycles. The first-order chi connectivity index (χ1) is 7.75. The van der Waals surface area contributed by atoms with Crippen molar-refractivity contribution in [1.82, 2.24) is 5.32 Å². The van der Waals surface area contributed by atoms with E-state index in [2.05, 4.69) is 11.9 Å². The molecular formula is C13H24N2O2. The zero-order valence-electron chi connectivity index (χ0n) is 11.2. The van der Waals surface area contributed by atoms with Crippen molar-refractivity contribution in [2.75, 3.05) is 6.54 Å². The highest BCUT2D eigenvalue weighted by atomic mass is 16.2.